The van der Waals surface area contributed by atoms with Gasteiger partial charge in [0.05, 0.1) is 0 Å². The summed E-state index contributed by atoms with van der Waals surface area (Å²) in [6.45, 7) is 14.9. The van der Waals surface area contributed by atoms with Crippen molar-refractivity contribution in [1.82, 2.24) is 5.32 Å². The Morgan fingerprint density at radius 1 is 0.941 bits per heavy atom. The van der Waals surface area contributed by atoms with E-state index in [1.54, 1.807) is 0 Å². The summed E-state index contributed by atoms with van der Waals surface area (Å²) in [5.41, 5.74) is 3.48. The van der Waals surface area contributed by atoms with Crippen LogP contribution in [0.4, 0.5) is 0 Å². The Kier molecular flexibility index (Phi) is 7.90. The predicted octanol–water partition coefficient (Wildman–Crippen LogP) is 4.41. The van der Waals surface area contributed by atoms with Crippen molar-refractivity contribution in [3.05, 3.63) is 35.4 Å². The topological polar surface area (TPSA) is 12.0 Å². The maximum absolute atomic E-state index is 3.34. The Bertz CT molecular complexity index is 266. The quantitative estimate of drug-likeness (QED) is 0.702. The lowest BCUT2D eigenvalue weighted by molar-refractivity contribution is 0.469. The molecule has 1 heteroatoms. The largest absolute Gasteiger partial charge is 0.312 e. The van der Waals surface area contributed by atoms with E-state index in [9.17, 15) is 0 Å². The summed E-state index contributed by atoms with van der Waals surface area (Å²) >= 11 is 0. The molecule has 2 rings (SSSR count). The minimum Gasteiger partial charge on any atom is -0.312 e. The van der Waals surface area contributed by atoms with Gasteiger partial charge in [-0.25, -0.2) is 0 Å². The third-order valence-electron chi connectivity index (χ3n) is 2.00. The molecule has 0 atom stereocenters. The Hall–Kier alpha value is -0.820. The second-order valence-electron chi connectivity index (χ2n) is 5.70. The van der Waals surface area contributed by atoms with Gasteiger partial charge in [0, 0.05) is 6.54 Å². The molecule has 1 nitrogen and oxygen atoms in total. The molecule has 1 N–H and O–H groups in total. The normalized spacial score (nSPS) is 13.5. The van der Waals surface area contributed by atoms with Gasteiger partial charge in [-0.3, -0.25) is 0 Å². The van der Waals surface area contributed by atoms with Crippen LogP contribution < -0.4 is 5.32 Å². The van der Waals surface area contributed by atoms with E-state index in [1.807, 2.05) is 13.8 Å². The van der Waals surface area contributed by atoms with E-state index in [1.165, 1.54) is 17.5 Å². The molecule has 1 aliphatic rings. The summed E-state index contributed by atoms with van der Waals surface area (Å²) in [6, 6.07) is 8.63. The van der Waals surface area contributed by atoms with Gasteiger partial charge in [0.25, 0.3) is 0 Å². The molecular formula is C16H29N. The summed E-state index contributed by atoms with van der Waals surface area (Å²) in [4.78, 5) is 0. The molecule has 98 valence electrons. The summed E-state index contributed by atoms with van der Waals surface area (Å²) in [5.74, 6) is 0. The molecule has 0 aromatic heterocycles. The Labute approximate surface area is 108 Å². The fraction of sp³-hybridized carbons (Fsp3) is 0.625. The molecule has 0 amide bonds. The molecule has 1 heterocycles. The first-order valence-corrected chi connectivity index (χ1v) is 6.74. The molecule has 0 saturated carbocycles. The van der Waals surface area contributed by atoms with Crippen molar-refractivity contribution in [2.75, 3.05) is 6.54 Å². The Morgan fingerprint density at radius 3 is 1.88 bits per heavy atom. The van der Waals surface area contributed by atoms with Crippen LogP contribution in [0.3, 0.4) is 0 Å². The monoisotopic (exact) mass is 235 g/mol. The van der Waals surface area contributed by atoms with Crippen molar-refractivity contribution in [3.8, 4) is 0 Å². The van der Waals surface area contributed by atoms with Crippen molar-refractivity contribution >= 4 is 0 Å². The minimum atomic E-state index is 0.500. The zero-order valence-corrected chi connectivity index (χ0v) is 12.4. The van der Waals surface area contributed by atoms with E-state index in [0.29, 0.717) is 5.41 Å². The molecule has 0 unspecified atom stereocenters. The third-order valence-corrected chi connectivity index (χ3v) is 2.00. The zero-order chi connectivity index (χ0) is 13.3. The molecule has 0 radical (unpaired) electrons. The highest BCUT2D eigenvalue weighted by atomic mass is 14.9. The summed E-state index contributed by atoms with van der Waals surface area (Å²) in [6.07, 6.45) is 1.19. The van der Waals surface area contributed by atoms with Crippen LogP contribution in [-0.4, -0.2) is 6.54 Å². The maximum atomic E-state index is 3.34. The van der Waals surface area contributed by atoms with Gasteiger partial charge < -0.3 is 5.32 Å². The number of benzene rings is 1. The van der Waals surface area contributed by atoms with Gasteiger partial charge in [-0.1, -0.05) is 65.8 Å². The highest BCUT2D eigenvalue weighted by molar-refractivity contribution is 5.28. The average molecular weight is 235 g/mol. The van der Waals surface area contributed by atoms with Gasteiger partial charge in [-0.2, -0.15) is 0 Å². The molecule has 1 aliphatic heterocycles. The molecule has 0 fully saturated rings. The second-order valence-corrected chi connectivity index (χ2v) is 5.70. The van der Waals surface area contributed by atoms with Gasteiger partial charge in [-0.15, -0.1) is 0 Å². The standard InChI is InChI=1S/C9H11N.C5H12.C2H6/c1-2-4-9-7-10-6-5-8(9)3-1;1-5(2,3)4;1-2/h1-4,10H,5-7H2;1-4H3;1-2H3. The lowest BCUT2D eigenvalue weighted by Crippen LogP contribution is -2.23. The van der Waals surface area contributed by atoms with Crippen molar-refractivity contribution in [1.29, 1.82) is 0 Å². The second kappa shape index (κ2) is 8.30. The summed E-state index contributed by atoms with van der Waals surface area (Å²) in [5, 5.41) is 3.34. The first-order chi connectivity index (χ1) is 7.97. The minimum absolute atomic E-state index is 0.500. The number of nitrogens with one attached hydrogen (secondary N) is 1. The van der Waals surface area contributed by atoms with Gasteiger partial charge >= 0.3 is 0 Å². The van der Waals surface area contributed by atoms with Crippen molar-refractivity contribution < 1.29 is 0 Å². The van der Waals surface area contributed by atoms with E-state index >= 15 is 0 Å². The van der Waals surface area contributed by atoms with E-state index in [-0.39, 0.29) is 0 Å². The average Bonchev–Trinajstić information content (AvgIpc) is 2.30. The third kappa shape index (κ3) is 8.93. The van der Waals surface area contributed by atoms with E-state index in [4.69, 9.17) is 0 Å². The predicted molar refractivity (Wildman–Crippen MR) is 78.3 cm³/mol. The van der Waals surface area contributed by atoms with E-state index in [0.717, 1.165) is 13.1 Å². The van der Waals surface area contributed by atoms with Crippen LogP contribution in [-0.2, 0) is 13.0 Å². The highest BCUT2D eigenvalue weighted by Crippen LogP contribution is 2.11. The fourth-order valence-corrected chi connectivity index (χ4v) is 1.42. The lowest BCUT2D eigenvalue weighted by Gasteiger charge is -2.15. The molecule has 0 bridgehead atoms. The van der Waals surface area contributed by atoms with Crippen molar-refractivity contribution in [2.24, 2.45) is 5.41 Å². The van der Waals surface area contributed by atoms with Crippen LogP contribution in [0, 0.1) is 5.41 Å². The van der Waals surface area contributed by atoms with Gasteiger partial charge in [0.2, 0.25) is 0 Å². The van der Waals surface area contributed by atoms with Crippen LogP contribution >= 0.6 is 0 Å². The van der Waals surface area contributed by atoms with E-state index < -0.39 is 0 Å². The molecule has 1 aromatic rings. The Balaban J connectivity index is 0.000000315. The first kappa shape index (κ1) is 16.2. The maximum Gasteiger partial charge on any atom is 0.0208 e. The smallest absolute Gasteiger partial charge is 0.0208 e. The van der Waals surface area contributed by atoms with Crippen LogP contribution in [0.25, 0.3) is 0 Å². The number of hydrogen-bond donors (Lipinski definition) is 1. The summed E-state index contributed by atoms with van der Waals surface area (Å²) in [7, 11) is 0. The lowest BCUT2D eigenvalue weighted by atomic mass is 10.0. The molecule has 1 aromatic carbocycles. The van der Waals surface area contributed by atoms with Crippen LogP contribution in [0.2, 0.25) is 0 Å². The van der Waals surface area contributed by atoms with Crippen LogP contribution in [0.1, 0.15) is 52.7 Å². The van der Waals surface area contributed by atoms with Crippen LogP contribution in [0.15, 0.2) is 24.3 Å². The number of fused-ring (bicyclic) bond motifs is 1. The summed E-state index contributed by atoms with van der Waals surface area (Å²) < 4.78 is 0. The molecule has 17 heavy (non-hydrogen) atoms. The van der Waals surface area contributed by atoms with Crippen molar-refractivity contribution in [3.63, 3.8) is 0 Å². The van der Waals surface area contributed by atoms with Crippen molar-refractivity contribution in [2.45, 2.75) is 54.5 Å². The SMILES string of the molecule is CC.CC(C)(C)C.c1ccc2c(c1)CCNC2. The van der Waals surface area contributed by atoms with Gasteiger partial charge in [-0.05, 0) is 29.5 Å². The molecule has 0 saturated heterocycles. The molecule has 0 aliphatic carbocycles. The molecule has 0 spiro atoms. The van der Waals surface area contributed by atoms with Gasteiger partial charge in [0.15, 0.2) is 0 Å². The number of hydrogen-bond acceptors (Lipinski definition) is 1. The Morgan fingerprint density at radius 2 is 1.41 bits per heavy atom. The first-order valence-electron chi connectivity index (χ1n) is 6.74. The fourth-order valence-electron chi connectivity index (χ4n) is 1.42. The van der Waals surface area contributed by atoms with E-state index in [2.05, 4.69) is 57.3 Å². The number of rotatable bonds is 0. The highest BCUT2D eigenvalue weighted by Gasteiger charge is 2.05. The zero-order valence-electron chi connectivity index (χ0n) is 12.4. The van der Waals surface area contributed by atoms with Gasteiger partial charge in [0.1, 0.15) is 0 Å². The molecular weight excluding hydrogens is 206 g/mol. The van der Waals surface area contributed by atoms with Crippen LogP contribution in [0.5, 0.6) is 0 Å².